The first-order valence-corrected chi connectivity index (χ1v) is 12.1. The number of benzene rings is 2. The number of hydrogen-bond acceptors (Lipinski definition) is 6. The first kappa shape index (κ1) is 21.5. The number of nitrogens with zero attached hydrogens (tertiary/aromatic N) is 4. The summed E-state index contributed by atoms with van der Waals surface area (Å²) in [5.74, 6) is 0.559. The fourth-order valence-electron chi connectivity index (χ4n) is 4.22. The van der Waals surface area contributed by atoms with Gasteiger partial charge in [0.15, 0.2) is 10.8 Å². The van der Waals surface area contributed by atoms with E-state index in [-0.39, 0.29) is 11.9 Å². The zero-order valence-electron chi connectivity index (χ0n) is 18.8. The first-order valence-electron chi connectivity index (χ1n) is 11.3. The van der Waals surface area contributed by atoms with Crippen LogP contribution in [0.2, 0.25) is 0 Å². The third-order valence-electron chi connectivity index (χ3n) is 5.91. The number of amides is 1. The molecule has 3 heterocycles. The molecule has 5 rings (SSSR count). The molecule has 1 amide bonds. The maximum absolute atomic E-state index is 12.8. The molecule has 1 fully saturated rings. The number of piperidine rings is 1. The van der Waals surface area contributed by atoms with Gasteiger partial charge < -0.3 is 15.0 Å². The van der Waals surface area contributed by atoms with Crippen LogP contribution in [0.15, 0.2) is 54.6 Å². The first-order chi connectivity index (χ1) is 16.1. The molecule has 0 bridgehead atoms. The van der Waals surface area contributed by atoms with Gasteiger partial charge in [0, 0.05) is 19.1 Å². The summed E-state index contributed by atoms with van der Waals surface area (Å²) in [4.78, 5) is 20.1. The Balaban J connectivity index is 1.27. The third-order valence-corrected chi connectivity index (χ3v) is 7.12. The van der Waals surface area contributed by atoms with Gasteiger partial charge >= 0.3 is 0 Å². The maximum Gasteiger partial charge on any atom is 0.255 e. The van der Waals surface area contributed by atoms with Crippen LogP contribution in [0.25, 0.3) is 16.0 Å². The zero-order valence-corrected chi connectivity index (χ0v) is 19.6. The highest BCUT2D eigenvalue weighted by atomic mass is 32.1. The summed E-state index contributed by atoms with van der Waals surface area (Å²) in [5, 5.41) is 8.89. The van der Waals surface area contributed by atoms with Crippen molar-refractivity contribution < 1.29 is 9.53 Å². The number of rotatable bonds is 6. The summed E-state index contributed by atoms with van der Waals surface area (Å²) in [6, 6.07) is 17.7. The molecule has 1 aliphatic rings. The Hall–Kier alpha value is -3.39. The van der Waals surface area contributed by atoms with E-state index in [4.69, 9.17) is 9.72 Å². The van der Waals surface area contributed by atoms with Crippen LogP contribution in [-0.2, 0) is 0 Å². The van der Waals surface area contributed by atoms with Crippen molar-refractivity contribution in [3.8, 4) is 11.4 Å². The predicted octanol–water partition coefficient (Wildman–Crippen LogP) is 4.59. The molecule has 4 aromatic rings. The number of aryl methyl sites for hydroxylation is 1. The number of carbonyl (C=O) groups excluding carboxylic acids is 1. The lowest BCUT2D eigenvalue weighted by Crippen LogP contribution is -2.44. The fourth-order valence-corrected chi connectivity index (χ4v) is 5.26. The highest BCUT2D eigenvalue weighted by Gasteiger charge is 2.25. The molecule has 2 aromatic heterocycles. The van der Waals surface area contributed by atoms with E-state index in [1.165, 1.54) is 0 Å². The van der Waals surface area contributed by atoms with Crippen molar-refractivity contribution >= 4 is 32.7 Å². The van der Waals surface area contributed by atoms with E-state index in [1.54, 1.807) is 11.3 Å². The topological polar surface area (TPSA) is 72.3 Å². The van der Waals surface area contributed by atoms with Gasteiger partial charge in [-0.15, -0.1) is 0 Å². The van der Waals surface area contributed by atoms with E-state index in [9.17, 15) is 4.79 Å². The van der Waals surface area contributed by atoms with Gasteiger partial charge in [0.2, 0.25) is 0 Å². The largest absolute Gasteiger partial charge is 0.493 e. The Bertz CT molecular complexity index is 1260. The molecule has 0 aliphatic carbocycles. The number of anilines is 1. The van der Waals surface area contributed by atoms with Gasteiger partial charge in [-0.25, -0.2) is 4.68 Å². The van der Waals surface area contributed by atoms with Gasteiger partial charge in [-0.05, 0) is 51.0 Å². The van der Waals surface area contributed by atoms with Gasteiger partial charge in [0.1, 0.15) is 5.75 Å². The quantitative estimate of drug-likeness (QED) is 0.455. The van der Waals surface area contributed by atoms with Crippen LogP contribution in [-0.4, -0.2) is 46.4 Å². The Morgan fingerprint density at radius 1 is 1.12 bits per heavy atom. The van der Waals surface area contributed by atoms with Crippen molar-refractivity contribution in [3.05, 3.63) is 65.9 Å². The van der Waals surface area contributed by atoms with Crippen molar-refractivity contribution in [3.63, 3.8) is 0 Å². The van der Waals surface area contributed by atoms with E-state index in [0.717, 1.165) is 52.8 Å². The van der Waals surface area contributed by atoms with E-state index in [1.807, 2.05) is 73.1 Å². The van der Waals surface area contributed by atoms with E-state index in [2.05, 4.69) is 15.3 Å². The van der Waals surface area contributed by atoms with Crippen molar-refractivity contribution in [1.82, 2.24) is 20.1 Å². The van der Waals surface area contributed by atoms with Gasteiger partial charge in [0.25, 0.3) is 5.91 Å². The Kier molecular flexibility index (Phi) is 6.00. The summed E-state index contributed by atoms with van der Waals surface area (Å²) < 4.78 is 8.66. The number of nitrogens with one attached hydrogen (secondary N) is 1. The number of fused-ring (bicyclic) bond motifs is 1. The molecule has 170 valence electrons. The van der Waals surface area contributed by atoms with Crippen molar-refractivity contribution in [2.24, 2.45) is 0 Å². The van der Waals surface area contributed by atoms with Crippen LogP contribution in [0.4, 0.5) is 5.13 Å². The Labute approximate surface area is 197 Å². The normalized spacial score (nSPS) is 14.5. The van der Waals surface area contributed by atoms with E-state index in [0.29, 0.717) is 17.9 Å². The summed E-state index contributed by atoms with van der Waals surface area (Å²) in [6.45, 7) is 6.20. The molecule has 7 nitrogen and oxygen atoms in total. The molecule has 2 aromatic carbocycles. The summed E-state index contributed by atoms with van der Waals surface area (Å²) in [7, 11) is 0. The maximum atomic E-state index is 12.8. The molecule has 1 saturated heterocycles. The fraction of sp³-hybridized carbons (Fsp3) is 0.320. The van der Waals surface area contributed by atoms with Crippen LogP contribution in [0, 0.1) is 6.92 Å². The average molecular weight is 462 g/mol. The Morgan fingerprint density at radius 3 is 2.61 bits per heavy atom. The standard InChI is InChI=1S/C25H27N5O2S/c1-3-32-21-12-8-7-11-20(21)24(31)26-18-13-15-29(16-14-18)25-27-23-22(33-25)17(2)28-30(23)19-9-5-4-6-10-19/h4-12,18H,3,13-16H2,1-2H3,(H,26,31). The second kappa shape index (κ2) is 9.23. The second-order valence-corrected chi connectivity index (χ2v) is 9.12. The number of thiazole rings is 1. The van der Waals surface area contributed by atoms with Crippen LogP contribution in [0.3, 0.4) is 0 Å². The molecule has 1 N–H and O–H groups in total. The molecule has 0 atom stereocenters. The number of ether oxygens (including phenoxy) is 1. The van der Waals surface area contributed by atoms with Gasteiger partial charge in [0.05, 0.1) is 28.3 Å². The van der Waals surface area contributed by atoms with Crippen molar-refractivity contribution in [1.29, 1.82) is 0 Å². The summed E-state index contributed by atoms with van der Waals surface area (Å²) >= 11 is 1.69. The molecule has 0 spiro atoms. The monoisotopic (exact) mass is 461 g/mol. The van der Waals surface area contributed by atoms with E-state index < -0.39 is 0 Å². The minimum atomic E-state index is -0.0731. The minimum Gasteiger partial charge on any atom is -0.493 e. The number of hydrogen-bond donors (Lipinski definition) is 1. The van der Waals surface area contributed by atoms with Crippen LogP contribution < -0.4 is 15.0 Å². The lowest BCUT2D eigenvalue weighted by Gasteiger charge is -2.32. The lowest BCUT2D eigenvalue weighted by molar-refractivity contribution is 0.0927. The molecule has 0 saturated carbocycles. The van der Waals surface area contributed by atoms with Gasteiger partial charge in [-0.1, -0.05) is 41.7 Å². The smallest absolute Gasteiger partial charge is 0.255 e. The highest BCUT2D eigenvalue weighted by molar-refractivity contribution is 7.22. The number of carbonyl (C=O) groups is 1. The SMILES string of the molecule is CCOc1ccccc1C(=O)NC1CCN(c2nc3c(s2)c(C)nn3-c2ccccc2)CC1. The summed E-state index contributed by atoms with van der Waals surface area (Å²) in [5.41, 5.74) is 3.50. The third kappa shape index (κ3) is 4.30. The van der Waals surface area contributed by atoms with Crippen LogP contribution in [0.5, 0.6) is 5.75 Å². The summed E-state index contributed by atoms with van der Waals surface area (Å²) in [6.07, 6.45) is 1.75. The lowest BCUT2D eigenvalue weighted by atomic mass is 10.0. The average Bonchev–Trinajstić information content (AvgIpc) is 3.41. The van der Waals surface area contributed by atoms with Gasteiger partial charge in [-0.2, -0.15) is 10.1 Å². The molecular weight excluding hydrogens is 434 g/mol. The van der Waals surface area contributed by atoms with E-state index >= 15 is 0 Å². The second-order valence-electron chi connectivity index (χ2n) is 8.15. The van der Waals surface area contributed by atoms with Crippen molar-refractivity contribution in [2.45, 2.75) is 32.7 Å². The van der Waals surface area contributed by atoms with Crippen molar-refractivity contribution in [2.75, 3.05) is 24.6 Å². The zero-order chi connectivity index (χ0) is 22.8. The molecule has 1 aliphatic heterocycles. The van der Waals surface area contributed by atoms with Crippen LogP contribution in [0.1, 0.15) is 35.8 Å². The molecular formula is C25H27N5O2S. The number of aromatic nitrogens is 3. The number of para-hydroxylation sites is 2. The predicted molar refractivity (Wildman–Crippen MR) is 132 cm³/mol. The molecule has 33 heavy (non-hydrogen) atoms. The minimum absolute atomic E-state index is 0.0731. The molecule has 8 heteroatoms. The highest BCUT2D eigenvalue weighted by Crippen LogP contribution is 2.33. The van der Waals surface area contributed by atoms with Crippen LogP contribution >= 0.6 is 11.3 Å². The molecule has 0 radical (unpaired) electrons. The molecule has 0 unspecified atom stereocenters. The Morgan fingerprint density at radius 2 is 1.85 bits per heavy atom. The van der Waals surface area contributed by atoms with Gasteiger partial charge in [-0.3, -0.25) is 4.79 Å².